The largest absolute Gasteiger partial charge is 0.326 e. The van der Waals surface area contributed by atoms with Crippen LogP contribution in [0.4, 0.5) is 5.69 Å². The van der Waals surface area contributed by atoms with Crippen molar-refractivity contribution in [3.63, 3.8) is 0 Å². The fourth-order valence-electron chi connectivity index (χ4n) is 7.73. The highest BCUT2D eigenvalue weighted by atomic mass is 16.1. The molecular formula is C29H30N4O. The van der Waals surface area contributed by atoms with Crippen molar-refractivity contribution in [1.29, 1.82) is 0 Å². The molecule has 1 heterocycles. The van der Waals surface area contributed by atoms with E-state index in [4.69, 9.17) is 10.2 Å². The van der Waals surface area contributed by atoms with Crippen LogP contribution < -0.4 is 5.32 Å². The zero-order chi connectivity index (χ0) is 22.9. The van der Waals surface area contributed by atoms with Crippen molar-refractivity contribution < 1.29 is 4.79 Å². The average molecular weight is 451 g/mol. The first-order valence-electron chi connectivity index (χ1n) is 12.7. The van der Waals surface area contributed by atoms with Gasteiger partial charge in [-0.15, -0.1) is 15.0 Å². The maximum Gasteiger partial charge on any atom is 0.224 e. The van der Waals surface area contributed by atoms with Gasteiger partial charge >= 0.3 is 0 Å². The predicted molar refractivity (Wildman–Crippen MR) is 135 cm³/mol. The Kier molecular flexibility index (Phi) is 4.39. The zero-order valence-corrected chi connectivity index (χ0v) is 19.6. The molecule has 0 atom stereocenters. The summed E-state index contributed by atoms with van der Waals surface area (Å²) in [7, 11) is 0. The number of nitrogens with zero attached hydrogens (tertiary/aromatic N) is 3. The summed E-state index contributed by atoms with van der Waals surface area (Å²) in [4.78, 5) is 14.9. The van der Waals surface area contributed by atoms with E-state index in [-0.39, 0.29) is 11.3 Å². The Balaban J connectivity index is 1.16. The van der Waals surface area contributed by atoms with Crippen molar-refractivity contribution >= 4 is 33.4 Å². The first-order valence-corrected chi connectivity index (χ1v) is 12.7. The molecule has 1 aromatic heterocycles. The van der Waals surface area contributed by atoms with E-state index in [1.807, 2.05) is 43.3 Å². The van der Waals surface area contributed by atoms with Crippen molar-refractivity contribution in [1.82, 2.24) is 15.0 Å². The fourth-order valence-corrected chi connectivity index (χ4v) is 7.73. The number of carbonyl (C=O) groups excluding carboxylic acids is 1. The lowest BCUT2D eigenvalue weighted by atomic mass is 9.49. The topological polar surface area (TPSA) is 59.8 Å². The van der Waals surface area contributed by atoms with E-state index in [1.54, 1.807) is 4.80 Å². The molecule has 0 aliphatic heterocycles. The molecule has 8 rings (SSSR count). The SMILES string of the molecule is Cc1cc2nn(-c3cccc4ccccc34)nc2cc1NC(=O)CC12CC3CC(CC(C3)C1)C2. The lowest BCUT2D eigenvalue weighted by Crippen LogP contribution is -2.47. The second kappa shape index (κ2) is 7.39. The number of hydrogen-bond donors (Lipinski definition) is 1. The monoisotopic (exact) mass is 450 g/mol. The van der Waals surface area contributed by atoms with E-state index in [2.05, 4.69) is 23.5 Å². The van der Waals surface area contributed by atoms with Gasteiger partial charge in [-0.05, 0) is 97.8 Å². The number of aromatic nitrogens is 3. The number of hydrogen-bond acceptors (Lipinski definition) is 3. The van der Waals surface area contributed by atoms with E-state index in [1.165, 1.54) is 38.5 Å². The Bertz CT molecular complexity index is 1390. The summed E-state index contributed by atoms with van der Waals surface area (Å²) < 4.78 is 0. The molecule has 4 aliphatic carbocycles. The number of amides is 1. The first-order chi connectivity index (χ1) is 16.5. The number of aryl methyl sites for hydroxylation is 1. The van der Waals surface area contributed by atoms with Crippen LogP contribution in [0.25, 0.3) is 27.5 Å². The van der Waals surface area contributed by atoms with Crippen LogP contribution in [0.15, 0.2) is 54.6 Å². The Labute approximate surface area is 199 Å². The van der Waals surface area contributed by atoms with Crippen LogP contribution in [0.3, 0.4) is 0 Å². The van der Waals surface area contributed by atoms with Crippen molar-refractivity contribution in [3.8, 4) is 5.69 Å². The Morgan fingerprint density at radius 3 is 2.32 bits per heavy atom. The Hall–Kier alpha value is -3.21. The quantitative estimate of drug-likeness (QED) is 0.390. The standard InChI is InChI=1S/C29H30N4O/c1-18-9-25-26(32-33(31-25)27-8-4-6-22-5-2-3-7-23(22)27)13-24(18)30-28(34)17-29-14-19-10-20(15-29)12-21(11-19)16-29/h2-9,13,19-21H,10-12,14-17H2,1H3,(H,30,34). The number of carbonyl (C=O) groups is 1. The van der Waals surface area contributed by atoms with Crippen LogP contribution in [-0.4, -0.2) is 20.9 Å². The van der Waals surface area contributed by atoms with Gasteiger partial charge in [0.1, 0.15) is 11.0 Å². The maximum atomic E-state index is 13.2. The first kappa shape index (κ1) is 20.2. The smallest absolute Gasteiger partial charge is 0.224 e. The van der Waals surface area contributed by atoms with Gasteiger partial charge in [0.25, 0.3) is 0 Å². The molecule has 172 valence electrons. The van der Waals surface area contributed by atoms with Gasteiger partial charge in [-0.3, -0.25) is 4.79 Å². The summed E-state index contributed by atoms with van der Waals surface area (Å²) in [5, 5.41) is 15.0. The molecule has 4 fully saturated rings. The molecule has 34 heavy (non-hydrogen) atoms. The zero-order valence-electron chi connectivity index (χ0n) is 19.6. The van der Waals surface area contributed by atoms with Gasteiger partial charge in [0.05, 0.1) is 5.69 Å². The highest BCUT2D eigenvalue weighted by Gasteiger charge is 2.51. The van der Waals surface area contributed by atoms with Crippen LogP contribution >= 0.6 is 0 Å². The Morgan fingerprint density at radius 1 is 0.941 bits per heavy atom. The van der Waals surface area contributed by atoms with Gasteiger partial charge in [0.2, 0.25) is 5.91 Å². The number of nitrogens with one attached hydrogen (secondary N) is 1. The highest BCUT2D eigenvalue weighted by molar-refractivity contribution is 5.95. The molecule has 1 N–H and O–H groups in total. The van der Waals surface area contributed by atoms with Gasteiger partial charge in [-0.1, -0.05) is 36.4 Å². The third-order valence-corrected chi connectivity index (χ3v) is 8.68. The molecule has 1 amide bonds. The molecule has 4 aromatic rings. The van der Waals surface area contributed by atoms with Gasteiger partial charge in [-0.25, -0.2) is 0 Å². The normalized spacial score (nSPS) is 27.5. The predicted octanol–water partition coefficient (Wildman–Crippen LogP) is 6.43. The second-order valence-electron chi connectivity index (χ2n) is 11.3. The molecule has 4 saturated carbocycles. The third kappa shape index (κ3) is 3.32. The minimum absolute atomic E-state index is 0.158. The van der Waals surface area contributed by atoms with Crippen molar-refractivity contribution in [2.75, 3.05) is 5.32 Å². The minimum Gasteiger partial charge on any atom is -0.326 e. The van der Waals surface area contributed by atoms with Crippen LogP contribution in [0.5, 0.6) is 0 Å². The van der Waals surface area contributed by atoms with Crippen molar-refractivity contribution in [3.05, 3.63) is 60.2 Å². The van der Waals surface area contributed by atoms with E-state index < -0.39 is 0 Å². The number of fused-ring (bicyclic) bond motifs is 2. The fraction of sp³-hybridized carbons (Fsp3) is 0.414. The highest BCUT2D eigenvalue weighted by Crippen LogP contribution is 2.61. The molecule has 4 bridgehead atoms. The van der Waals surface area contributed by atoms with Gasteiger partial charge < -0.3 is 5.32 Å². The summed E-state index contributed by atoms with van der Waals surface area (Å²) in [5.41, 5.74) is 4.71. The van der Waals surface area contributed by atoms with Crippen molar-refractivity contribution in [2.45, 2.75) is 51.9 Å². The summed E-state index contributed by atoms with van der Waals surface area (Å²) in [6, 6.07) is 18.5. The number of anilines is 1. The van der Waals surface area contributed by atoms with E-state index in [0.717, 1.165) is 56.5 Å². The van der Waals surface area contributed by atoms with Crippen molar-refractivity contribution in [2.24, 2.45) is 23.2 Å². The molecule has 0 unspecified atom stereocenters. The minimum atomic E-state index is 0.158. The second-order valence-corrected chi connectivity index (χ2v) is 11.3. The van der Waals surface area contributed by atoms with E-state index in [0.29, 0.717) is 6.42 Å². The van der Waals surface area contributed by atoms with Crippen LogP contribution in [0, 0.1) is 30.1 Å². The molecule has 0 saturated heterocycles. The van der Waals surface area contributed by atoms with Gasteiger partial charge in [-0.2, -0.15) is 0 Å². The van der Waals surface area contributed by atoms with Crippen LogP contribution in [0.2, 0.25) is 0 Å². The van der Waals surface area contributed by atoms with Gasteiger partial charge in [0.15, 0.2) is 0 Å². The number of rotatable bonds is 4. The third-order valence-electron chi connectivity index (χ3n) is 8.68. The average Bonchev–Trinajstić information content (AvgIpc) is 3.20. The maximum absolute atomic E-state index is 13.2. The summed E-state index contributed by atoms with van der Waals surface area (Å²) in [5.74, 6) is 2.74. The summed E-state index contributed by atoms with van der Waals surface area (Å²) in [6.45, 7) is 2.04. The molecular weight excluding hydrogens is 420 g/mol. The van der Waals surface area contributed by atoms with Crippen LogP contribution in [0.1, 0.15) is 50.5 Å². The summed E-state index contributed by atoms with van der Waals surface area (Å²) >= 11 is 0. The van der Waals surface area contributed by atoms with Crippen LogP contribution in [-0.2, 0) is 4.79 Å². The molecule has 4 aliphatic rings. The molecule has 0 spiro atoms. The lowest BCUT2D eigenvalue weighted by molar-refractivity contribution is -0.124. The molecule has 0 radical (unpaired) electrons. The van der Waals surface area contributed by atoms with E-state index >= 15 is 0 Å². The summed E-state index contributed by atoms with van der Waals surface area (Å²) in [6.07, 6.45) is 8.64. The molecule has 5 heteroatoms. The van der Waals surface area contributed by atoms with E-state index in [9.17, 15) is 4.79 Å². The van der Waals surface area contributed by atoms with Gasteiger partial charge in [0, 0.05) is 17.5 Å². The molecule has 5 nitrogen and oxygen atoms in total. The Morgan fingerprint density at radius 2 is 1.59 bits per heavy atom. The number of benzene rings is 3. The lowest BCUT2D eigenvalue weighted by Gasteiger charge is -2.56. The molecule has 3 aromatic carbocycles.